The van der Waals surface area contributed by atoms with E-state index in [9.17, 15) is 9.90 Å². The number of piperazine rings is 1. The van der Waals surface area contributed by atoms with Crippen LogP contribution in [0.1, 0.15) is 50.7 Å². The number of likely N-dealkylation sites (N-methyl/N-ethyl adjacent to an activating group) is 1. The van der Waals surface area contributed by atoms with E-state index < -0.39 is 65.8 Å². The number of aromatic nitrogens is 3. The smallest absolute Gasteiger partial charge is 0.431 e. The number of halogens is 4. The minimum absolute atomic E-state index is 0.00983. The summed E-state index contributed by atoms with van der Waals surface area (Å²) in [5.41, 5.74) is -3.63. The number of aromatic hydroxyl groups is 1. The van der Waals surface area contributed by atoms with Gasteiger partial charge in [0, 0.05) is 46.8 Å². The van der Waals surface area contributed by atoms with Crippen LogP contribution < -0.4 is 20.5 Å². The topological polar surface area (TPSA) is 95.8 Å². The first-order valence-electron chi connectivity index (χ1n) is 17.4. The molecule has 0 radical (unpaired) electrons. The largest absolute Gasteiger partial charge is 0.508 e. The van der Waals surface area contributed by atoms with Crippen LogP contribution in [0, 0.1) is 5.82 Å². The molecular formula is C32H34F4N6O3. The van der Waals surface area contributed by atoms with Crippen molar-refractivity contribution in [3.63, 3.8) is 0 Å². The molecule has 13 heteroatoms. The van der Waals surface area contributed by atoms with Gasteiger partial charge in [-0.05, 0) is 74.8 Å². The lowest BCUT2D eigenvalue weighted by Crippen LogP contribution is -2.51. The van der Waals surface area contributed by atoms with Gasteiger partial charge < -0.3 is 25.0 Å². The summed E-state index contributed by atoms with van der Waals surface area (Å²) < 4.78 is 107. The van der Waals surface area contributed by atoms with Gasteiger partial charge in [-0.1, -0.05) is 13.0 Å². The number of pyridine rings is 1. The zero-order valence-electron chi connectivity index (χ0n) is 29.3. The fraction of sp³-hybridized carbons (Fsp3) is 0.469. The lowest BCUT2D eigenvalue weighted by atomic mass is 9.99. The maximum atomic E-state index is 15.1. The predicted octanol–water partition coefficient (Wildman–Crippen LogP) is 4.77. The number of phenolic OH excluding ortho intramolecular Hbond substituents is 1. The number of rotatable bonds is 6. The number of likely N-dealkylation sites (tertiary alicyclic amines) is 1. The number of ether oxygens (including phenoxy) is 1. The van der Waals surface area contributed by atoms with Gasteiger partial charge in [-0.15, -0.1) is 0 Å². The van der Waals surface area contributed by atoms with Crippen LogP contribution in [0.2, 0.25) is 0 Å². The summed E-state index contributed by atoms with van der Waals surface area (Å²) in [7, 11) is 0. The molecule has 2 aromatic heterocycles. The zero-order chi connectivity index (χ0) is 35.9. The van der Waals surface area contributed by atoms with E-state index >= 15 is 17.6 Å². The minimum atomic E-state index is -5.13. The molecule has 4 aromatic rings. The van der Waals surface area contributed by atoms with Crippen molar-refractivity contribution in [2.75, 3.05) is 38.1 Å². The van der Waals surface area contributed by atoms with E-state index in [1.54, 1.807) is 11.8 Å². The van der Waals surface area contributed by atoms with Crippen molar-refractivity contribution in [3.8, 4) is 17.4 Å². The van der Waals surface area contributed by atoms with Crippen molar-refractivity contribution in [3.05, 3.63) is 57.8 Å². The average Bonchev–Trinajstić information content (AvgIpc) is 3.67. The highest BCUT2D eigenvalue weighted by Crippen LogP contribution is 2.39. The Hall–Kier alpha value is -3.97. The predicted molar refractivity (Wildman–Crippen MR) is 162 cm³/mol. The number of hydrogen-bond acceptors (Lipinski definition) is 8. The van der Waals surface area contributed by atoms with Crippen molar-refractivity contribution < 1.29 is 34.3 Å². The third-order valence-corrected chi connectivity index (χ3v) is 8.90. The molecule has 238 valence electrons. The summed E-state index contributed by atoms with van der Waals surface area (Å²) in [4.78, 5) is 25.8. The minimum Gasteiger partial charge on any atom is -0.508 e. The van der Waals surface area contributed by atoms with Gasteiger partial charge in [-0.3, -0.25) is 9.36 Å². The van der Waals surface area contributed by atoms with Crippen LogP contribution in [-0.4, -0.2) is 75.8 Å². The van der Waals surface area contributed by atoms with Crippen molar-refractivity contribution in [2.45, 2.75) is 63.3 Å². The Morgan fingerprint density at radius 3 is 2.64 bits per heavy atom. The zero-order valence-corrected chi connectivity index (χ0v) is 24.3. The molecule has 0 spiro atoms. The molecule has 0 amide bonds. The van der Waals surface area contributed by atoms with Crippen LogP contribution in [0.5, 0.6) is 11.8 Å². The number of phenols is 1. The number of alkyl halides is 3. The summed E-state index contributed by atoms with van der Waals surface area (Å²) >= 11 is 0. The lowest BCUT2D eigenvalue weighted by molar-refractivity contribution is -0.142. The van der Waals surface area contributed by atoms with E-state index in [-0.39, 0.29) is 59.0 Å². The molecular weight excluding hydrogens is 592 g/mol. The molecule has 2 bridgehead atoms. The lowest BCUT2D eigenvalue weighted by Gasteiger charge is -2.34. The molecule has 3 saturated heterocycles. The van der Waals surface area contributed by atoms with Gasteiger partial charge in [0.2, 0.25) is 0 Å². The average molecular weight is 632 g/mol. The van der Waals surface area contributed by atoms with E-state index in [1.165, 1.54) is 12.1 Å². The number of hydrogen-bond donors (Lipinski definition) is 2. The Kier molecular flexibility index (Phi) is 6.01. The van der Waals surface area contributed by atoms with E-state index in [1.807, 2.05) is 0 Å². The summed E-state index contributed by atoms with van der Waals surface area (Å²) in [5.74, 6) is -1.24. The maximum absolute atomic E-state index is 15.1. The van der Waals surface area contributed by atoms with Crippen LogP contribution in [0.15, 0.2) is 35.1 Å². The molecule has 9 nitrogen and oxygen atoms in total. The molecule has 7 rings (SSSR count). The van der Waals surface area contributed by atoms with Gasteiger partial charge in [0.05, 0.1) is 13.8 Å². The summed E-state index contributed by atoms with van der Waals surface area (Å²) in [6.45, 7) is -2.97. The van der Waals surface area contributed by atoms with Crippen LogP contribution in [0.3, 0.4) is 0 Å². The first kappa shape index (κ1) is 24.3. The molecule has 3 atom stereocenters. The second-order valence-corrected chi connectivity index (χ2v) is 11.8. The van der Waals surface area contributed by atoms with E-state index in [2.05, 4.69) is 15.3 Å². The monoisotopic (exact) mass is 631 g/mol. The summed E-state index contributed by atoms with van der Waals surface area (Å²) in [6.07, 6.45) is -2.94. The quantitative estimate of drug-likeness (QED) is 0.294. The van der Waals surface area contributed by atoms with Crippen LogP contribution in [0.25, 0.3) is 27.4 Å². The first-order valence-corrected chi connectivity index (χ1v) is 14.9. The van der Waals surface area contributed by atoms with Crippen molar-refractivity contribution in [2.24, 2.45) is 0 Å². The van der Waals surface area contributed by atoms with Crippen LogP contribution in [0.4, 0.5) is 23.4 Å². The highest BCUT2D eigenvalue weighted by atomic mass is 19.4. The summed E-state index contributed by atoms with van der Waals surface area (Å²) in [6, 6.07) is 3.47. The molecule has 45 heavy (non-hydrogen) atoms. The Balaban J connectivity index is 1.49. The second kappa shape index (κ2) is 11.1. The van der Waals surface area contributed by atoms with Crippen LogP contribution >= 0.6 is 0 Å². The molecule has 0 saturated carbocycles. The molecule has 3 aliphatic rings. The highest BCUT2D eigenvalue weighted by molar-refractivity contribution is 5.96. The fourth-order valence-corrected chi connectivity index (χ4v) is 6.86. The van der Waals surface area contributed by atoms with Crippen molar-refractivity contribution in [1.82, 2.24) is 24.8 Å². The van der Waals surface area contributed by atoms with Gasteiger partial charge >= 0.3 is 12.2 Å². The van der Waals surface area contributed by atoms with Crippen molar-refractivity contribution in [1.29, 1.82) is 0 Å². The molecule has 2 N–H and O–H groups in total. The highest BCUT2D eigenvalue weighted by Gasteiger charge is 2.39. The SMILES string of the molecule is [2H]C([2H])(Oc1nc(N2C[C@H]3CC[C@@H](C2)N3)c2cc(C(F)(F)F)n(-c3cc(O)cc4ccc(F)c(CC)c34)c(=O)c2n1)[C@@H]1CCCN1C([2H])([2H])[2H]. The number of fused-ring (bicyclic) bond motifs is 4. The Morgan fingerprint density at radius 2 is 1.93 bits per heavy atom. The molecule has 5 heterocycles. The molecule has 0 unspecified atom stereocenters. The van der Waals surface area contributed by atoms with Gasteiger partial charge in [-0.2, -0.15) is 23.1 Å². The second-order valence-electron chi connectivity index (χ2n) is 11.8. The van der Waals surface area contributed by atoms with Gasteiger partial charge in [0.15, 0.2) is 0 Å². The fourth-order valence-electron chi connectivity index (χ4n) is 6.86. The Labute approximate surface area is 263 Å². The van der Waals surface area contributed by atoms with Crippen LogP contribution in [-0.2, 0) is 12.6 Å². The van der Waals surface area contributed by atoms with Gasteiger partial charge in [0.1, 0.15) is 35.2 Å². The third kappa shape index (κ3) is 5.25. The molecule has 0 aliphatic carbocycles. The van der Waals surface area contributed by atoms with E-state index in [4.69, 9.17) is 11.6 Å². The van der Waals surface area contributed by atoms with E-state index in [0.29, 0.717) is 24.1 Å². The maximum Gasteiger partial charge on any atom is 0.431 e. The number of benzene rings is 2. The third-order valence-electron chi connectivity index (χ3n) is 8.90. The van der Waals surface area contributed by atoms with Gasteiger partial charge in [0.25, 0.3) is 5.56 Å². The van der Waals surface area contributed by atoms with Gasteiger partial charge in [-0.25, -0.2) is 4.39 Å². The van der Waals surface area contributed by atoms with Crippen molar-refractivity contribution >= 4 is 27.5 Å². The number of anilines is 1. The number of nitrogens with zero attached hydrogens (tertiary/aromatic N) is 5. The normalized spacial score (nSPS) is 24.4. The number of aryl methyl sites for hydroxylation is 1. The van der Waals surface area contributed by atoms with E-state index in [0.717, 1.165) is 35.9 Å². The Bertz CT molecular complexity index is 2050. The molecule has 2 aromatic carbocycles. The first-order chi connectivity index (χ1) is 23.5. The Morgan fingerprint density at radius 1 is 1.16 bits per heavy atom. The summed E-state index contributed by atoms with van der Waals surface area (Å²) in [5, 5.41) is 13.9. The number of nitrogens with one attached hydrogen (secondary N) is 1. The standard InChI is InChI=1S/C32H34F4N6O3/c1-3-22-24(33)9-6-17-11-21(43)12-25(27(17)22)42-26(32(34,35)36)13-23-28(30(42)44)38-31(45-16-20-5-4-10-40(20)2)39-29(23)41-14-18-7-8-19(15-41)37-18/h6,9,11-13,18-20,37,43H,3-5,7-8,10,14-16H2,1-2H3/t18-,19+,20-/m0/s1/i2D3,16D2. The molecule has 3 fully saturated rings. The molecule has 3 aliphatic heterocycles.